The molecule has 1 fully saturated rings. The van der Waals surface area contributed by atoms with Gasteiger partial charge in [-0.2, -0.15) is 0 Å². The molecule has 2 aliphatic rings. The second-order valence-corrected chi connectivity index (χ2v) is 8.37. The number of carbonyl (C=O) groups excluding carboxylic acids is 1. The van der Waals surface area contributed by atoms with Gasteiger partial charge in [0.1, 0.15) is 13.2 Å². The smallest absolute Gasteiger partial charge is 0.318 e. The van der Waals surface area contributed by atoms with Crippen molar-refractivity contribution >= 4 is 16.9 Å². The fraction of sp³-hybridized carbons (Fsp3) is 0.360. The van der Waals surface area contributed by atoms with Crippen molar-refractivity contribution < 1.29 is 19.0 Å². The monoisotopic (exact) mass is 449 g/mol. The predicted octanol–water partition coefficient (Wildman–Crippen LogP) is 3.19. The predicted molar refractivity (Wildman–Crippen MR) is 124 cm³/mol. The molecule has 0 aliphatic carbocycles. The molecule has 0 radical (unpaired) electrons. The summed E-state index contributed by atoms with van der Waals surface area (Å²) < 4.78 is 17.0. The third-order valence-electron chi connectivity index (χ3n) is 5.97. The quantitative estimate of drug-likeness (QED) is 0.603. The van der Waals surface area contributed by atoms with Crippen LogP contribution in [-0.2, 0) is 17.8 Å². The first-order valence-corrected chi connectivity index (χ1v) is 11.3. The lowest BCUT2D eigenvalue weighted by molar-refractivity contribution is 0.0793. The molecular formula is C25H27N3O5. The van der Waals surface area contributed by atoms with Gasteiger partial charge in [0.05, 0.1) is 18.2 Å². The van der Waals surface area contributed by atoms with Crippen LogP contribution in [0.1, 0.15) is 24.0 Å². The van der Waals surface area contributed by atoms with Gasteiger partial charge < -0.3 is 29.4 Å². The van der Waals surface area contributed by atoms with E-state index in [2.05, 4.69) is 10.3 Å². The number of ether oxygens (including phenoxy) is 3. The van der Waals surface area contributed by atoms with Gasteiger partial charge in [0.2, 0.25) is 0 Å². The number of H-pyrrole nitrogens is 1. The average Bonchev–Trinajstić information content (AvgIpc) is 3.35. The third-order valence-corrected chi connectivity index (χ3v) is 5.97. The number of rotatable bonds is 6. The molecule has 1 atom stereocenters. The van der Waals surface area contributed by atoms with Crippen LogP contribution in [0.3, 0.4) is 0 Å². The summed E-state index contributed by atoms with van der Waals surface area (Å²) in [6.07, 6.45) is 1.86. The minimum Gasteiger partial charge on any atom is -0.486 e. The summed E-state index contributed by atoms with van der Waals surface area (Å²) in [4.78, 5) is 30.5. The van der Waals surface area contributed by atoms with E-state index in [1.54, 1.807) is 11.0 Å². The fourth-order valence-corrected chi connectivity index (χ4v) is 4.25. The van der Waals surface area contributed by atoms with Crippen molar-refractivity contribution in [2.24, 2.45) is 0 Å². The zero-order chi connectivity index (χ0) is 22.6. The van der Waals surface area contributed by atoms with Gasteiger partial charge in [0.15, 0.2) is 11.5 Å². The molecule has 5 rings (SSSR count). The van der Waals surface area contributed by atoms with Gasteiger partial charge in [0.25, 0.3) is 5.56 Å². The molecule has 2 aromatic carbocycles. The van der Waals surface area contributed by atoms with Crippen molar-refractivity contribution in [1.29, 1.82) is 0 Å². The fourth-order valence-electron chi connectivity index (χ4n) is 4.25. The molecule has 0 spiro atoms. The number of carbonyl (C=O) groups is 1. The van der Waals surface area contributed by atoms with Crippen LogP contribution >= 0.6 is 0 Å². The molecule has 2 N–H and O–H groups in total. The number of pyridine rings is 1. The highest BCUT2D eigenvalue weighted by Gasteiger charge is 2.24. The van der Waals surface area contributed by atoms with E-state index < -0.39 is 0 Å². The number of fused-ring (bicyclic) bond motifs is 2. The zero-order valence-corrected chi connectivity index (χ0v) is 18.3. The number of urea groups is 1. The zero-order valence-electron chi connectivity index (χ0n) is 18.3. The molecule has 3 heterocycles. The first kappa shape index (κ1) is 21.3. The molecule has 0 saturated carbocycles. The van der Waals surface area contributed by atoms with Gasteiger partial charge in [-0.3, -0.25) is 4.79 Å². The van der Waals surface area contributed by atoms with Crippen LogP contribution < -0.4 is 20.3 Å². The standard InChI is InChI=1S/C25H27N3O5/c29-24-19(11-18-12-22-23(13-21(18)27-24)33-10-9-32-22)15-28(16-20-7-4-8-31-20)25(30)26-14-17-5-2-1-3-6-17/h1-3,5-6,11-13,20H,4,7-10,14-16H2,(H,26,30)(H,27,29)/t20-/m1/s1. The average molecular weight is 450 g/mol. The summed E-state index contributed by atoms with van der Waals surface area (Å²) >= 11 is 0. The molecule has 2 amide bonds. The Morgan fingerprint density at radius 1 is 1.06 bits per heavy atom. The van der Waals surface area contributed by atoms with Gasteiger partial charge in [0, 0.05) is 36.7 Å². The maximum atomic E-state index is 13.1. The van der Waals surface area contributed by atoms with E-state index >= 15 is 0 Å². The van der Waals surface area contributed by atoms with Crippen LogP contribution in [0.4, 0.5) is 4.79 Å². The van der Waals surface area contributed by atoms with Crippen molar-refractivity contribution in [2.75, 3.05) is 26.4 Å². The van der Waals surface area contributed by atoms with Crippen molar-refractivity contribution in [2.45, 2.75) is 32.0 Å². The lowest BCUT2D eigenvalue weighted by Gasteiger charge is -2.26. The molecule has 2 aliphatic heterocycles. The van der Waals surface area contributed by atoms with Gasteiger partial charge in [-0.25, -0.2) is 4.79 Å². The van der Waals surface area contributed by atoms with Gasteiger partial charge in [-0.15, -0.1) is 0 Å². The molecular weight excluding hydrogens is 422 g/mol. The minimum absolute atomic E-state index is 0.0235. The Morgan fingerprint density at radius 3 is 2.61 bits per heavy atom. The lowest BCUT2D eigenvalue weighted by Crippen LogP contribution is -2.43. The summed E-state index contributed by atoms with van der Waals surface area (Å²) in [6, 6.07) is 15.0. The Labute approximate surface area is 191 Å². The highest BCUT2D eigenvalue weighted by molar-refractivity contribution is 5.83. The van der Waals surface area contributed by atoms with Gasteiger partial charge >= 0.3 is 6.03 Å². The number of hydrogen-bond donors (Lipinski definition) is 2. The Hall–Kier alpha value is -3.52. The normalized spacial score (nSPS) is 17.2. The molecule has 1 saturated heterocycles. The number of hydrogen-bond acceptors (Lipinski definition) is 5. The molecule has 0 bridgehead atoms. The molecule has 172 valence electrons. The van der Waals surface area contributed by atoms with Crippen molar-refractivity contribution in [3.05, 3.63) is 70.0 Å². The second-order valence-electron chi connectivity index (χ2n) is 8.37. The molecule has 8 nitrogen and oxygen atoms in total. The second kappa shape index (κ2) is 9.54. The van der Waals surface area contributed by atoms with Gasteiger partial charge in [-0.1, -0.05) is 30.3 Å². The van der Waals surface area contributed by atoms with Crippen LogP contribution in [0.25, 0.3) is 10.9 Å². The molecule has 8 heteroatoms. The summed E-state index contributed by atoms with van der Waals surface area (Å²) in [6.45, 7) is 2.70. The molecule has 1 aromatic heterocycles. The van der Waals surface area contributed by atoms with Crippen LogP contribution in [0, 0.1) is 0 Å². The maximum absolute atomic E-state index is 13.1. The Morgan fingerprint density at radius 2 is 1.85 bits per heavy atom. The topological polar surface area (TPSA) is 92.9 Å². The third kappa shape index (κ3) is 4.96. The lowest BCUT2D eigenvalue weighted by atomic mass is 10.1. The molecule has 0 unspecified atom stereocenters. The SMILES string of the molecule is O=C(NCc1ccccc1)N(Cc1cc2cc3c(cc2[nH]c1=O)OCCO3)C[C@H]1CCCO1. The highest BCUT2D eigenvalue weighted by Crippen LogP contribution is 2.33. The number of aromatic nitrogens is 1. The highest BCUT2D eigenvalue weighted by atomic mass is 16.6. The van der Waals surface area contributed by atoms with E-state index in [9.17, 15) is 9.59 Å². The number of benzene rings is 2. The Bertz CT molecular complexity index is 1190. The number of nitrogens with zero attached hydrogens (tertiary/aromatic N) is 1. The Kier molecular flexibility index (Phi) is 6.17. The van der Waals surface area contributed by atoms with Crippen LogP contribution in [0.5, 0.6) is 11.5 Å². The van der Waals surface area contributed by atoms with E-state index in [1.165, 1.54) is 0 Å². The first-order valence-electron chi connectivity index (χ1n) is 11.3. The van der Waals surface area contributed by atoms with E-state index in [-0.39, 0.29) is 24.2 Å². The number of aromatic amines is 1. The van der Waals surface area contributed by atoms with Crippen molar-refractivity contribution in [3.63, 3.8) is 0 Å². The largest absolute Gasteiger partial charge is 0.486 e. The summed E-state index contributed by atoms with van der Waals surface area (Å²) in [5.41, 5.74) is 1.96. The first-order chi connectivity index (χ1) is 16.2. The Balaban J connectivity index is 1.38. The summed E-state index contributed by atoms with van der Waals surface area (Å²) in [5.74, 6) is 1.28. The van der Waals surface area contributed by atoms with E-state index in [0.29, 0.717) is 55.5 Å². The van der Waals surface area contributed by atoms with Crippen LogP contribution in [-0.4, -0.2) is 48.4 Å². The van der Waals surface area contributed by atoms with Crippen LogP contribution in [0.2, 0.25) is 0 Å². The van der Waals surface area contributed by atoms with Crippen molar-refractivity contribution in [3.8, 4) is 11.5 Å². The summed E-state index contributed by atoms with van der Waals surface area (Å²) in [7, 11) is 0. The molecule has 33 heavy (non-hydrogen) atoms. The summed E-state index contributed by atoms with van der Waals surface area (Å²) in [5, 5.41) is 3.80. The minimum atomic E-state index is -0.229. The van der Waals surface area contributed by atoms with E-state index in [1.807, 2.05) is 42.5 Å². The number of amides is 2. The molecule has 3 aromatic rings. The van der Waals surface area contributed by atoms with Crippen molar-refractivity contribution in [1.82, 2.24) is 15.2 Å². The van der Waals surface area contributed by atoms with E-state index in [0.717, 1.165) is 23.8 Å². The van der Waals surface area contributed by atoms with Gasteiger partial charge in [-0.05, 0) is 30.5 Å². The van der Waals surface area contributed by atoms with E-state index in [4.69, 9.17) is 14.2 Å². The van der Waals surface area contributed by atoms with Crippen LogP contribution in [0.15, 0.2) is 53.3 Å². The maximum Gasteiger partial charge on any atom is 0.318 e. The number of nitrogens with one attached hydrogen (secondary N) is 2.